The Morgan fingerprint density at radius 3 is 2.73 bits per heavy atom. The summed E-state index contributed by atoms with van der Waals surface area (Å²) in [5.41, 5.74) is 0.842. The number of methoxy groups -OCH3 is 1. The van der Waals surface area contributed by atoms with Gasteiger partial charge in [-0.3, -0.25) is 4.79 Å². The van der Waals surface area contributed by atoms with Crippen LogP contribution in [0.2, 0.25) is 0 Å². The first-order valence-corrected chi connectivity index (χ1v) is 9.60. The number of nitrogens with one attached hydrogen (secondary N) is 2. The molecular weight excluding hydrogens is 389 g/mol. The second kappa shape index (κ2) is 9.89. The van der Waals surface area contributed by atoms with Crippen LogP contribution in [0.25, 0.3) is 10.9 Å². The highest BCUT2D eigenvalue weighted by atomic mass is 19.1. The number of carbonyl (C=O) groups excluding carboxylic acids is 1. The molecule has 2 aromatic carbocycles. The maximum Gasteiger partial charge on any atom is 0.322 e. The number of urea groups is 1. The minimum absolute atomic E-state index is 0.0355. The minimum atomic E-state index is -0.537. The van der Waals surface area contributed by atoms with Crippen LogP contribution in [-0.4, -0.2) is 42.8 Å². The monoisotopic (exact) mass is 413 g/mol. The van der Waals surface area contributed by atoms with Crippen LogP contribution in [0, 0.1) is 5.82 Å². The van der Waals surface area contributed by atoms with Gasteiger partial charge in [0.15, 0.2) is 0 Å². The largest absolute Gasteiger partial charge is 0.494 e. The van der Waals surface area contributed by atoms with E-state index in [2.05, 4.69) is 10.3 Å². The number of halogens is 1. The molecule has 1 aromatic heterocycles. The van der Waals surface area contributed by atoms with Gasteiger partial charge >= 0.3 is 6.03 Å². The number of hydrogen-bond acceptors (Lipinski definition) is 4. The van der Waals surface area contributed by atoms with Gasteiger partial charge < -0.3 is 24.7 Å². The highest BCUT2D eigenvalue weighted by Crippen LogP contribution is 2.20. The Balaban J connectivity index is 1.87. The van der Waals surface area contributed by atoms with Gasteiger partial charge in [-0.1, -0.05) is 12.1 Å². The van der Waals surface area contributed by atoms with Crippen molar-refractivity contribution in [3.05, 3.63) is 70.3 Å². The number of aromatic amines is 1. The van der Waals surface area contributed by atoms with E-state index in [4.69, 9.17) is 9.47 Å². The number of rotatable bonds is 8. The first-order chi connectivity index (χ1) is 14.5. The first kappa shape index (κ1) is 21.3. The van der Waals surface area contributed by atoms with Gasteiger partial charge in [-0.05, 0) is 43.3 Å². The predicted molar refractivity (Wildman–Crippen MR) is 113 cm³/mol. The number of hydrogen-bond donors (Lipinski definition) is 2. The van der Waals surface area contributed by atoms with E-state index in [-0.39, 0.29) is 30.9 Å². The van der Waals surface area contributed by atoms with E-state index in [0.717, 1.165) is 5.39 Å². The van der Waals surface area contributed by atoms with E-state index in [0.29, 0.717) is 23.4 Å². The summed E-state index contributed by atoms with van der Waals surface area (Å²) < 4.78 is 24.5. The van der Waals surface area contributed by atoms with Crippen LogP contribution in [0.15, 0.2) is 53.3 Å². The molecule has 7 nitrogen and oxygen atoms in total. The lowest BCUT2D eigenvalue weighted by atomic mass is 10.1. The maximum absolute atomic E-state index is 13.9. The summed E-state index contributed by atoms with van der Waals surface area (Å²) in [5.74, 6) is 0.154. The molecule has 0 aliphatic rings. The van der Waals surface area contributed by atoms with Gasteiger partial charge in [0.1, 0.15) is 11.6 Å². The van der Waals surface area contributed by atoms with E-state index in [1.54, 1.807) is 30.3 Å². The number of pyridine rings is 1. The molecule has 30 heavy (non-hydrogen) atoms. The smallest absolute Gasteiger partial charge is 0.322 e. The van der Waals surface area contributed by atoms with Crippen molar-refractivity contribution in [2.75, 3.05) is 32.2 Å². The SMILES string of the molecule is CCOc1ccc2[nH]c(=O)c(CN(CCOC)C(=O)Nc3ccccc3F)cc2c1. The van der Waals surface area contributed by atoms with Crippen LogP contribution >= 0.6 is 0 Å². The molecule has 8 heteroatoms. The molecule has 0 radical (unpaired) electrons. The van der Waals surface area contributed by atoms with Gasteiger partial charge in [0.25, 0.3) is 5.56 Å². The standard InChI is InChI=1S/C22H24FN3O4/c1-3-30-17-8-9-19-15(13-17)12-16(21(27)24-19)14-26(10-11-29-2)22(28)25-20-7-5-4-6-18(20)23/h4-9,12-13H,3,10-11,14H2,1-2H3,(H,24,27)(H,25,28). The van der Waals surface area contributed by atoms with Crippen LogP contribution < -0.4 is 15.6 Å². The van der Waals surface area contributed by atoms with Crippen molar-refractivity contribution in [3.8, 4) is 5.75 Å². The normalized spacial score (nSPS) is 10.8. The van der Waals surface area contributed by atoms with Crippen molar-refractivity contribution >= 4 is 22.6 Å². The number of aromatic nitrogens is 1. The van der Waals surface area contributed by atoms with Crippen molar-refractivity contribution in [1.29, 1.82) is 0 Å². The molecule has 3 rings (SSSR count). The van der Waals surface area contributed by atoms with Crippen LogP contribution in [-0.2, 0) is 11.3 Å². The van der Waals surface area contributed by atoms with Crippen molar-refractivity contribution in [3.63, 3.8) is 0 Å². The number of para-hydroxylation sites is 1. The Morgan fingerprint density at radius 2 is 2.00 bits per heavy atom. The van der Waals surface area contributed by atoms with Crippen LogP contribution in [0.5, 0.6) is 5.75 Å². The van der Waals surface area contributed by atoms with E-state index >= 15 is 0 Å². The summed E-state index contributed by atoms with van der Waals surface area (Å²) in [5, 5.41) is 3.33. The molecule has 0 atom stereocenters. The number of anilines is 1. The number of benzene rings is 2. The molecule has 0 bridgehead atoms. The molecule has 158 valence electrons. The van der Waals surface area contributed by atoms with Crippen molar-refractivity contribution in [2.24, 2.45) is 0 Å². The number of carbonyl (C=O) groups is 1. The topological polar surface area (TPSA) is 83.7 Å². The van der Waals surface area contributed by atoms with Crippen LogP contribution in [0.3, 0.4) is 0 Å². The predicted octanol–water partition coefficient (Wildman–Crippen LogP) is 3.75. The Bertz CT molecular complexity index is 1080. The van der Waals surface area contributed by atoms with E-state index in [1.807, 2.05) is 13.0 Å². The third kappa shape index (κ3) is 5.15. The summed E-state index contributed by atoms with van der Waals surface area (Å²) in [6.45, 7) is 2.96. The summed E-state index contributed by atoms with van der Waals surface area (Å²) in [6.07, 6.45) is 0. The molecule has 3 aromatic rings. The van der Waals surface area contributed by atoms with Crippen LogP contribution in [0.4, 0.5) is 14.9 Å². The van der Waals surface area contributed by atoms with E-state index in [1.165, 1.54) is 24.1 Å². The van der Waals surface area contributed by atoms with Gasteiger partial charge in [0, 0.05) is 30.1 Å². The average Bonchev–Trinajstić information content (AvgIpc) is 2.73. The fourth-order valence-electron chi connectivity index (χ4n) is 3.02. The van der Waals surface area contributed by atoms with Gasteiger partial charge in [-0.25, -0.2) is 9.18 Å². The van der Waals surface area contributed by atoms with E-state index < -0.39 is 11.8 Å². The van der Waals surface area contributed by atoms with Gasteiger partial charge in [0.05, 0.1) is 25.4 Å². The zero-order valence-electron chi connectivity index (χ0n) is 16.9. The minimum Gasteiger partial charge on any atom is -0.494 e. The summed E-state index contributed by atoms with van der Waals surface area (Å²) in [7, 11) is 1.52. The zero-order chi connectivity index (χ0) is 21.5. The fraction of sp³-hybridized carbons (Fsp3) is 0.273. The summed E-state index contributed by atoms with van der Waals surface area (Å²) in [6, 6.07) is 12.5. The number of ether oxygens (including phenoxy) is 2. The summed E-state index contributed by atoms with van der Waals surface area (Å²) >= 11 is 0. The Morgan fingerprint density at radius 1 is 1.20 bits per heavy atom. The van der Waals surface area contributed by atoms with Crippen LogP contribution in [0.1, 0.15) is 12.5 Å². The molecule has 0 aliphatic carbocycles. The molecule has 0 unspecified atom stereocenters. The lowest BCUT2D eigenvalue weighted by Crippen LogP contribution is -2.38. The molecule has 0 aliphatic heterocycles. The lowest BCUT2D eigenvalue weighted by molar-refractivity contribution is 0.152. The molecule has 0 fully saturated rings. The maximum atomic E-state index is 13.9. The van der Waals surface area contributed by atoms with Crippen molar-refractivity contribution in [1.82, 2.24) is 9.88 Å². The van der Waals surface area contributed by atoms with Gasteiger partial charge in [0.2, 0.25) is 0 Å². The molecule has 0 spiro atoms. The number of nitrogens with zero attached hydrogens (tertiary/aromatic N) is 1. The Labute approximate surface area is 173 Å². The number of amides is 2. The highest BCUT2D eigenvalue weighted by molar-refractivity contribution is 5.89. The fourth-order valence-corrected chi connectivity index (χ4v) is 3.02. The second-order valence-corrected chi connectivity index (χ2v) is 6.63. The first-order valence-electron chi connectivity index (χ1n) is 9.60. The van der Waals surface area contributed by atoms with Gasteiger partial charge in [-0.2, -0.15) is 0 Å². The van der Waals surface area contributed by atoms with E-state index in [9.17, 15) is 14.0 Å². The number of H-pyrrole nitrogens is 1. The highest BCUT2D eigenvalue weighted by Gasteiger charge is 2.17. The summed E-state index contributed by atoms with van der Waals surface area (Å²) in [4.78, 5) is 29.5. The third-order valence-electron chi connectivity index (χ3n) is 4.53. The molecular formula is C22H24FN3O4. The second-order valence-electron chi connectivity index (χ2n) is 6.63. The van der Waals surface area contributed by atoms with Gasteiger partial charge in [-0.15, -0.1) is 0 Å². The lowest BCUT2D eigenvalue weighted by Gasteiger charge is -2.23. The molecule has 2 N–H and O–H groups in total. The Hall–Kier alpha value is -3.39. The molecule has 0 saturated heterocycles. The average molecular weight is 413 g/mol. The zero-order valence-corrected chi connectivity index (χ0v) is 16.9. The Kier molecular flexibility index (Phi) is 7.03. The van der Waals surface area contributed by atoms with Crippen molar-refractivity contribution in [2.45, 2.75) is 13.5 Å². The quantitative estimate of drug-likeness (QED) is 0.589. The number of fused-ring (bicyclic) bond motifs is 1. The van der Waals surface area contributed by atoms with Crippen molar-refractivity contribution < 1.29 is 18.7 Å². The molecule has 0 saturated carbocycles. The molecule has 1 heterocycles. The molecule has 2 amide bonds. The third-order valence-corrected chi connectivity index (χ3v) is 4.53.